The van der Waals surface area contributed by atoms with E-state index < -0.39 is 24.5 Å². The standard InChI is InChI=1S/C21H23NO7/c1-13(20(24)14-5-7-16(26-2)8-6-14)29-19(23)12-22-21(25)15-9-17(27-3)11-18(10-15)28-4/h5-11,13H,12H2,1-4H3,(H,22,25)/t13-/m1/s1. The Balaban J connectivity index is 1.91. The number of ketones is 1. The Labute approximate surface area is 168 Å². The largest absolute Gasteiger partial charge is 0.497 e. The van der Waals surface area contributed by atoms with Crippen molar-refractivity contribution in [3.8, 4) is 17.2 Å². The Morgan fingerprint density at radius 3 is 1.90 bits per heavy atom. The number of methoxy groups -OCH3 is 3. The van der Waals surface area contributed by atoms with E-state index in [-0.39, 0.29) is 11.3 Å². The van der Waals surface area contributed by atoms with Gasteiger partial charge in [0.2, 0.25) is 5.78 Å². The molecule has 0 unspecified atom stereocenters. The molecule has 0 radical (unpaired) electrons. The summed E-state index contributed by atoms with van der Waals surface area (Å²) >= 11 is 0. The molecule has 2 rings (SSSR count). The minimum absolute atomic E-state index is 0.261. The van der Waals surface area contributed by atoms with E-state index in [0.29, 0.717) is 22.8 Å². The topological polar surface area (TPSA) is 100 Å². The highest BCUT2D eigenvalue weighted by atomic mass is 16.5. The van der Waals surface area contributed by atoms with Crippen LogP contribution in [0.3, 0.4) is 0 Å². The first kappa shape index (κ1) is 21.7. The Kier molecular flexibility index (Phi) is 7.59. The van der Waals surface area contributed by atoms with Crippen molar-refractivity contribution in [2.75, 3.05) is 27.9 Å². The first-order chi connectivity index (χ1) is 13.9. The second kappa shape index (κ2) is 10.1. The van der Waals surface area contributed by atoms with Gasteiger partial charge in [0.1, 0.15) is 23.8 Å². The smallest absolute Gasteiger partial charge is 0.326 e. The van der Waals surface area contributed by atoms with Gasteiger partial charge < -0.3 is 24.3 Å². The summed E-state index contributed by atoms with van der Waals surface area (Å²) in [7, 11) is 4.46. The van der Waals surface area contributed by atoms with Crippen LogP contribution in [0.2, 0.25) is 0 Å². The number of rotatable bonds is 9. The lowest BCUT2D eigenvalue weighted by Gasteiger charge is -2.13. The molecule has 0 saturated heterocycles. The van der Waals surface area contributed by atoms with Crippen LogP contribution < -0.4 is 19.5 Å². The number of carbonyl (C=O) groups is 3. The summed E-state index contributed by atoms with van der Waals surface area (Å²) in [5.74, 6) is -0.102. The van der Waals surface area contributed by atoms with Crippen molar-refractivity contribution in [1.29, 1.82) is 0 Å². The van der Waals surface area contributed by atoms with Gasteiger partial charge in [0, 0.05) is 17.2 Å². The van der Waals surface area contributed by atoms with Gasteiger partial charge in [0.25, 0.3) is 5.91 Å². The molecule has 0 fully saturated rings. The Bertz CT molecular complexity index is 855. The van der Waals surface area contributed by atoms with Gasteiger partial charge in [-0.15, -0.1) is 0 Å². The van der Waals surface area contributed by atoms with E-state index in [1.54, 1.807) is 30.3 Å². The minimum atomic E-state index is -0.996. The summed E-state index contributed by atoms with van der Waals surface area (Å²) < 4.78 is 20.4. The highest BCUT2D eigenvalue weighted by molar-refractivity contribution is 6.00. The molecule has 29 heavy (non-hydrogen) atoms. The summed E-state index contributed by atoms with van der Waals surface area (Å²) in [5, 5.41) is 2.45. The fraction of sp³-hybridized carbons (Fsp3) is 0.286. The summed E-state index contributed by atoms with van der Waals surface area (Å²) in [6.07, 6.45) is -0.996. The zero-order chi connectivity index (χ0) is 21.4. The van der Waals surface area contributed by atoms with E-state index in [4.69, 9.17) is 18.9 Å². The SMILES string of the molecule is COc1ccc(C(=O)[C@@H](C)OC(=O)CNC(=O)c2cc(OC)cc(OC)c2)cc1. The lowest BCUT2D eigenvalue weighted by Crippen LogP contribution is -2.34. The molecule has 0 aliphatic heterocycles. The first-order valence-corrected chi connectivity index (χ1v) is 8.77. The number of benzene rings is 2. The monoisotopic (exact) mass is 401 g/mol. The van der Waals surface area contributed by atoms with E-state index in [9.17, 15) is 14.4 Å². The van der Waals surface area contributed by atoms with Crippen LogP contribution in [0.1, 0.15) is 27.6 Å². The number of nitrogens with one attached hydrogen (secondary N) is 1. The quantitative estimate of drug-likeness (QED) is 0.508. The first-order valence-electron chi connectivity index (χ1n) is 8.77. The molecule has 1 N–H and O–H groups in total. The number of hydrogen-bond acceptors (Lipinski definition) is 7. The maximum atomic E-state index is 12.3. The molecular formula is C21H23NO7. The summed E-state index contributed by atoms with van der Waals surface area (Å²) in [5.41, 5.74) is 0.648. The summed E-state index contributed by atoms with van der Waals surface area (Å²) in [6.45, 7) is 1.08. The molecule has 8 nitrogen and oxygen atoms in total. The normalized spacial score (nSPS) is 11.2. The van der Waals surface area contributed by atoms with Gasteiger partial charge in [0.05, 0.1) is 21.3 Å². The van der Waals surface area contributed by atoms with Gasteiger partial charge in [-0.25, -0.2) is 0 Å². The van der Waals surface area contributed by atoms with Crippen molar-refractivity contribution in [3.63, 3.8) is 0 Å². The molecule has 0 aliphatic rings. The van der Waals surface area contributed by atoms with Crippen LogP contribution in [0.15, 0.2) is 42.5 Å². The van der Waals surface area contributed by atoms with E-state index in [1.807, 2.05) is 0 Å². The maximum absolute atomic E-state index is 12.3. The predicted molar refractivity (Wildman–Crippen MR) is 105 cm³/mol. The molecule has 0 spiro atoms. The van der Waals surface area contributed by atoms with Gasteiger partial charge in [0.15, 0.2) is 6.10 Å². The third-order valence-electron chi connectivity index (χ3n) is 4.06. The van der Waals surface area contributed by atoms with Crippen molar-refractivity contribution >= 4 is 17.7 Å². The van der Waals surface area contributed by atoms with Crippen molar-refractivity contribution in [2.45, 2.75) is 13.0 Å². The predicted octanol–water partition coefficient (Wildman–Crippen LogP) is 2.26. The van der Waals surface area contributed by atoms with E-state index in [0.717, 1.165) is 0 Å². The highest BCUT2D eigenvalue weighted by Gasteiger charge is 2.20. The van der Waals surface area contributed by atoms with Gasteiger partial charge in [-0.2, -0.15) is 0 Å². The van der Waals surface area contributed by atoms with Gasteiger partial charge >= 0.3 is 5.97 Å². The number of carbonyl (C=O) groups excluding carboxylic acids is 3. The van der Waals surface area contributed by atoms with Crippen LogP contribution in [-0.4, -0.2) is 51.6 Å². The van der Waals surface area contributed by atoms with Crippen LogP contribution in [-0.2, 0) is 9.53 Å². The molecule has 0 heterocycles. The van der Waals surface area contributed by atoms with Crippen LogP contribution in [0, 0.1) is 0 Å². The Morgan fingerprint density at radius 2 is 1.38 bits per heavy atom. The van der Waals surface area contributed by atoms with E-state index in [2.05, 4.69) is 5.32 Å². The number of ether oxygens (including phenoxy) is 4. The van der Waals surface area contributed by atoms with E-state index >= 15 is 0 Å². The second-order valence-electron chi connectivity index (χ2n) is 6.01. The highest BCUT2D eigenvalue weighted by Crippen LogP contribution is 2.22. The third kappa shape index (κ3) is 5.97. The molecule has 0 bridgehead atoms. The summed E-state index contributed by atoms with van der Waals surface area (Å²) in [4.78, 5) is 36.6. The molecule has 1 amide bonds. The second-order valence-corrected chi connectivity index (χ2v) is 6.01. The molecule has 0 aromatic heterocycles. The fourth-order valence-corrected chi connectivity index (χ4v) is 2.48. The molecule has 2 aromatic carbocycles. The Hall–Kier alpha value is -3.55. The summed E-state index contributed by atoms with van der Waals surface area (Å²) in [6, 6.07) is 11.1. The Morgan fingerprint density at radius 1 is 0.828 bits per heavy atom. The van der Waals surface area contributed by atoms with Gasteiger partial charge in [-0.3, -0.25) is 14.4 Å². The molecule has 1 atom stereocenters. The van der Waals surface area contributed by atoms with Crippen molar-refractivity contribution in [3.05, 3.63) is 53.6 Å². The minimum Gasteiger partial charge on any atom is -0.497 e. The van der Waals surface area contributed by atoms with Crippen LogP contribution in [0.25, 0.3) is 0 Å². The average Bonchev–Trinajstić information content (AvgIpc) is 2.76. The van der Waals surface area contributed by atoms with Gasteiger partial charge in [-0.05, 0) is 43.3 Å². The number of hydrogen-bond donors (Lipinski definition) is 1. The molecule has 2 aromatic rings. The van der Waals surface area contributed by atoms with Crippen molar-refractivity contribution in [2.24, 2.45) is 0 Å². The molecular weight excluding hydrogens is 378 g/mol. The van der Waals surface area contributed by atoms with Crippen LogP contribution >= 0.6 is 0 Å². The average molecular weight is 401 g/mol. The van der Waals surface area contributed by atoms with Crippen molar-refractivity contribution in [1.82, 2.24) is 5.32 Å². The number of Topliss-reactive ketones (excluding diaryl/α,β-unsaturated/α-hetero) is 1. The fourth-order valence-electron chi connectivity index (χ4n) is 2.48. The third-order valence-corrected chi connectivity index (χ3v) is 4.06. The van der Waals surface area contributed by atoms with Gasteiger partial charge in [-0.1, -0.05) is 0 Å². The van der Waals surface area contributed by atoms with Crippen molar-refractivity contribution < 1.29 is 33.3 Å². The van der Waals surface area contributed by atoms with Crippen LogP contribution in [0.5, 0.6) is 17.2 Å². The molecule has 0 saturated carbocycles. The van der Waals surface area contributed by atoms with E-state index in [1.165, 1.54) is 40.4 Å². The lowest BCUT2D eigenvalue weighted by atomic mass is 10.1. The van der Waals surface area contributed by atoms with Crippen LogP contribution in [0.4, 0.5) is 0 Å². The zero-order valence-electron chi connectivity index (χ0n) is 16.7. The maximum Gasteiger partial charge on any atom is 0.326 e. The number of amides is 1. The molecule has 8 heteroatoms. The lowest BCUT2D eigenvalue weighted by molar-refractivity contribution is -0.145. The zero-order valence-corrected chi connectivity index (χ0v) is 16.7. The molecule has 0 aliphatic carbocycles. The number of esters is 1. The molecule has 154 valence electrons.